The lowest BCUT2D eigenvalue weighted by Gasteiger charge is -2.25. The molecule has 0 aliphatic carbocycles. The van der Waals surface area contributed by atoms with E-state index in [-0.39, 0.29) is 6.61 Å². The van der Waals surface area contributed by atoms with E-state index in [1.54, 1.807) is 0 Å². The molecule has 0 aromatic heterocycles. The summed E-state index contributed by atoms with van der Waals surface area (Å²) in [6, 6.07) is 19.1. The highest BCUT2D eigenvalue weighted by Crippen LogP contribution is 2.30. The van der Waals surface area contributed by atoms with E-state index in [2.05, 4.69) is 71.8 Å². The van der Waals surface area contributed by atoms with E-state index in [4.69, 9.17) is 5.11 Å². The third-order valence-corrected chi connectivity index (χ3v) is 3.93. The fourth-order valence-electron chi connectivity index (χ4n) is 2.84. The van der Waals surface area contributed by atoms with Crippen LogP contribution >= 0.6 is 0 Å². The van der Waals surface area contributed by atoms with Crippen LogP contribution in [0.4, 0.5) is 0 Å². The van der Waals surface area contributed by atoms with Crippen LogP contribution in [0.3, 0.4) is 0 Å². The fraction of sp³-hybridized carbons (Fsp3) is 0.200. The minimum atomic E-state index is 0.240. The first kappa shape index (κ1) is 14.6. The Labute approximate surface area is 132 Å². The lowest BCUT2D eigenvalue weighted by molar-refractivity contribution is 0.265. The second-order valence-electron chi connectivity index (χ2n) is 5.49. The Morgan fingerprint density at radius 2 is 1.64 bits per heavy atom. The van der Waals surface area contributed by atoms with E-state index < -0.39 is 0 Å². The predicted molar refractivity (Wildman–Crippen MR) is 92.3 cm³/mol. The molecule has 3 rings (SSSR count). The summed E-state index contributed by atoms with van der Waals surface area (Å²) in [5.74, 6) is 0. The molecule has 1 heterocycles. The molecule has 2 nitrogen and oxygen atoms in total. The van der Waals surface area contributed by atoms with Crippen molar-refractivity contribution >= 4 is 5.57 Å². The standard InChI is InChI=1S/C20H21NO/c22-15-7-14-21-13-6-10-18(16-21)20-12-5-4-11-19(20)17-8-2-1-3-9-17/h1-6,8-13,22H,7,14-16H2. The van der Waals surface area contributed by atoms with Gasteiger partial charge in [-0.15, -0.1) is 0 Å². The summed E-state index contributed by atoms with van der Waals surface area (Å²) in [6.07, 6.45) is 7.19. The predicted octanol–water partition coefficient (Wildman–Crippen LogP) is 3.95. The Morgan fingerprint density at radius 1 is 0.909 bits per heavy atom. The fourth-order valence-corrected chi connectivity index (χ4v) is 2.84. The number of hydrogen-bond donors (Lipinski definition) is 1. The van der Waals surface area contributed by atoms with Crippen molar-refractivity contribution < 1.29 is 5.11 Å². The number of nitrogens with zero attached hydrogens (tertiary/aromatic N) is 1. The van der Waals surface area contributed by atoms with Crippen LogP contribution in [-0.4, -0.2) is 29.7 Å². The van der Waals surface area contributed by atoms with Gasteiger partial charge < -0.3 is 10.0 Å². The van der Waals surface area contributed by atoms with E-state index in [1.807, 2.05) is 6.07 Å². The number of aliphatic hydroxyl groups excluding tert-OH is 1. The topological polar surface area (TPSA) is 23.5 Å². The van der Waals surface area contributed by atoms with Crippen LogP contribution < -0.4 is 0 Å². The molecular weight excluding hydrogens is 270 g/mol. The summed E-state index contributed by atoms with van der Waals surface area (Å²) in [4.78, 5) is 2.26. The molecule has 0 radical (unpaired) electrons. The van der Waals surface area contributed by atoms with Gasteiger partial charge in [0.05, 0.1) is 0 Å². The van der Waals surface area contributed by atoms with Gasteiger partial charge in [-0.3, -0.25) is 0 Å². The van der Waals surface area contributed by atoms with Gasteiger partial charge in [0.15, 0.2) is 0 Å². The third-order valence-electron chi connectivity index (χ3n) is 3.93. The zero-order valence-corrected chi connectivity index (χ0v) is 12.7. The Hall–Kier alpha value is -2.32. The highest BCUT2D eigenvalue weighted by molar-refractivity contribution is 5.83. The molecule has 1 aliphatic rings. The highest BCUT2D eigenvalue weighted by atomic mass is 16.3. The molecule has 0 bridgehead atoms. The smallest absolute Gasteiger partial charge is 0.0447 e. The second-order valence-corrected chi connectivity index (χ2v) is 5.49. The molecule has 1 aliphatic heterocycles. The van der Waals surface area contributed by atoms with Gasteiger partial charge in [0.1, 0.15) is 0 Å². The van der Waals surface area contributed by atoms with Gasteiger partial charge in [-0.05, 0) is 41.0 Å². The molecule has 0 atom stereocenters. The van der Waals surface area contributed by atoms with Crippen molar-refractivity contribution in [2.24, 2.45) is 0 Å². The molecule has 1 N–H and O–H groups in total. The lowest BCUT2D eigenvalue weighted by atomic mass is 9.93. The Kier molecular flexibility index (Phi) is 4.71. The largest absolute Gasteiger partial charge is 0.396 e. The normalized spacial score (nSPS) is 14.0. The Bertz CT molecular complexity index is 673. The molecule has 2 aromatic carbocycles. The first-order chi connectivity index (χ1) is 10.9. The zero-order chi connectivity index (χ0) is 15.2. The molecule has 0 amide bonds. The molecule has 0 saturated heterocycles. The van der Waals surface area contributed by atoms with E-state index in [0.717, 1.165) is 19.5 Å². The molecule has 0 unspecified atom stereocenters. The maximum absolute atomic E-state index is 9.01. The second kappa shape index (κ2) is 7.10. The molecule has 0 saturated carbocycles. The summed E-state index contributed by atoms with van der Waals surface area (Å²) in [7, 11) is 0. The molecule has 22 heavy (non-hydrogen) atoms. The molecule has 112 valence electrons. The minimum Gasteiger partial charge on any atom is -0.396 e. The van der Waals surface area contributed by atoms with Crippen LogP contribution in [0.15, 0.2) is 72.9 Å². The van der Waals surface area contributed by atoms with E-state index in [9.17, 15) is 0 Å². The molecule has 2 heteroatoms. The molecular formula is C20H21NO. The average molecular weight is 291 g/mol. The number of hydrogen-bond acceptors (Lipinski definition) is 2. The number of rotatable bonds is 5. The van der Waals surface area contributed by atoms with Gasteiger partial charge in [-0.2, -0.15) is 0 Å². The summed E-state index contributed by atoms with van der Waals surface area (Å²) >= 11 is 0. The van der Waals surface area contributed by atoms with Crippen molar-refractivity contribution in [3.63, 3.8) is 0 Å². The van der Waals surface area contributed by atoms with Crippen molar-refractivity contribution in [1.82, 2.24) is 4.90 Å². The highest BCUT2D eigenvalue weighted by Gasteiger charge is 2.13. The zero-order valence-electron chi connectivity index (χ0n) is 12.7. The van der Waals surface area contributed by atoms with Gasteiger partial charge in [0.25, 0.3) is 0 Å². The minimum absolute atomic E-state index is 0.240. The lowest BCUT2D eigenvalue weighted by Crippen LogP contribution is -2.23. The average Bonchev–Trinajstić information content (AvgIpc) is 2.61. The van der Waals surface area contributed by atoms with Crippen LogP contribution in [0, 0.1) is 0 Å². The van der Waals surface area contributed by atoms with E-state index >= 15 is 0 Å². The van der Waals surface area contributed by atoms with E-state index in [1.165, 1.54) is 22.3 Å². The quantitative estimate of drug-likeness (QED) is 0.901. The summed E-state index contributed by atoms with van der Waals surface area (Å²) < 4.78 is 0. The summed E-state index contributed by atoms with van der Waals surface area (Å²) in [6.45, 7) is 2.02. The van der Waals surface area contributed by atoms with Crippen molar-refractivity contribution in [3.05, 3.63) is 78.5 Å². The van der Waals surface area contributed by atoms with Crippen LogP contribution in [0.2, 0.25) is 0 Å². The van der Waals surface area contributed by atoms with Crippen LogP contribution in [-0.2, 0) is 0 Å². The Balaban J connectivity index is 1.90. The van der Waals surface area contributed by atoms with Gasteiger partial charge in [-0.1, -0.05) is 60.7 Å². The van der Waals surface area contributed by atoms with Crippen molar-refractivity contribution in [2.45, 2.75) is 6.42 Å². The number of aliphatic hydroxyl groups is 1. The first-order valence-corrected chi connectivity index (χ1v) is 7.75. The summed E-state index contributed by atoms with van der Waals surface area (Å²) in [5.41, 5.74) is 5.12. The van der Waals surface area contributed by atoms with Gasteiger partial charge in [-0.25, -0.2) is 0 Å². The van der Waals surface area contributed by atoms with E-state index in [0.29, 0.717) is 0 Å². The first-order valence-electron chi connectivity index (χ1n) is 7.75. The third kappa shape index (κ3) is 3.29. The maximum Gasteiger partial charge on any atom is 0.0447 e. The van der Waals surface area contributed by atoms with Gasteiger partial charge >= 0.3 is 0 Å². The monoisotopic (exact) mass is 291 g/mol. The van der Waals surface area contributed by atoms with Crippen LogP contribution in [0.1, 0.15) is 12.0 Å². The van der Waals surface area contributed by atoms with Crippen molar-refractivity contribution in [3.8, 4) is 11.1 Å². The molecule has 0 fully saturated rings. The molecule has 0 spiro atoms. The van der Waals surface area contributed by atoms with Gasteiger partial charge in [0.2, 0.25) is 0 Å². The maximum atomic E-state index is 9.01. The SMILES string of the molecule is OCCCN1C=CC=C(c2ccccc2-c2ccccc2)C1. The van der Waals surface area contributed by atoms with Crippen molar-refractivity contribution in [1.29, 1.82) is 0 Å². The van der Waals surface area contributed by atoms with Crippen LogP contribution in [0.5, 0.6) is 0 Å². The van der Waals surface area contributed by atoms with Crippen molar-refractivity contribution in [2.75, 3.05) is 19.7 Å². The number of benzene rings is 2. The van der Waals surface area contributed by atoms with Crippen LogP contribution in [0.25, 0.3) is 16.7 Å². The van der Waals surface area contributed by atoms with Gasteiger partial charge in [0, 0.05) is 19.7 Å². The Morgan fingerprint density at radius 3 is 2.41 bits per heavy atom. The summed E-state index contributed by atoms with van der Waals surface area (Å²) in [5, 5.41) is 9.01. The molecule has 2 aromatic rings. The number of allylic oxidation sites excluding steroid dienone is 2.